The van der Waals surface area contributed by atoms with Crippen molar-refractivity contribution < 1.29 is 199 Å². The van der Waals surface area contributed by atoms with Gasteiger partial charge in [-0.1, -0.05) is 88.3 Å². The molecule has 0 fully saturated rings. The summed E-state index contributed by atoms with van der Waals surface area (Å²) < 4.78 is 99.2. The summed E-state index contributed by atoms with van der Waals surface area (Å²) in [6.07, 6.45) is -5.04. The zero-order valence-corrected chi connectivity index (χ0v) is 52.2. The Balaban J connectivity index is 0.00000102. The summed E-state index contributed by atoms with van der Waals surface area (Å²) in [4.78, 5) is 17.7. The van der Waals surface area contributed by atoms with Gasteiger partial charge in [-0.15, -0.1) is 0 Å². The number of aryl methyl sites for hydroxylation is 2. The van der Waals surface area contributed by atoms with E-state index >= 15 is 0 Å². The topological polar surface area (TPSA) is 167 Å². The Labute approximate surface area is 519 Å². The third kappa shape index (κ3) is 19.7. The van der Waals surface area contributed by atoms with E-state index in [1.807, 2.05) is 13.8 Å². The molecule has 0 bridgehead atoms. The number of carbonyl (C=O) groups is 1. The Morgan fingerprint density at radius 2 is 1.24 bits per heavy atom. The minimum Gasteiger partial charge on any atom is -1.00 e. The number of hydrogen-bond acceptors (Lipinski definition) is 11. The molecular weight excluding hydrogens is 1240 g/mol. The van der Waals surface area contributed by atoms with Gasteiger partial charge in [0, 0.05) is 44.4 Å². The van der Waals surface area contributed by atoms with Gasteiger partial charge in [0.05, 0.1) is 37.1 Å². The van der Waals surface area contributed by atoms with Crippen LogP contribution in [0.3, 0.4) is 0 Å². The molecule has 0 aliphatic heterocycles. The van der Waals surface area contributed by atoms with Crippen LogP contribution in [0.5, 0.6) is 11.5 Å². The van der Waals surface area contributed by atoms with Crippen molar-refractivity contribution >= 4 is 90.3 Å². The van der Waals surface area contributed by atoms with Crippen molar-refractivity contribution in [1.82, 2.24) is 10.3 Å². The fraction of sp³-hybridized carbons (Fsp3) is 0.326. The van der Waals surface area contributed by atoms with E-state index in [0.29, 0.717) is 88.8 Å². The third-order valence-corrected chi connectivity index (χ3v) is 9.75. The van der Waals surface area contributed by atoms with Crippen LogP contribution in [-0.2, 0) is 34.9 Å². The van der Waals surface area contributed by atoms with Crippen molar-refractivity contribution in [2.24, 2.45) is 0 Å². The normalized spacial score (nSPS) is 10.5. The van der Waals surface area contributed by atoms with Crippen LogP contribution in [-0.4, -0.2) is 41.9 Å². The molecule has 0 unspecified atom stereocenters. The molecule has 3 N–H and O–H groups in total. The molecule has 0 amide bonds. The zero-order chi connectivity index (χ0) is 48.2. The van der Waals surface area contributed by atoms with Crippen molar-refractivity contribution in [1.29, 1.82) is 0 Å². The molecule has 6 aromatic rings. The predicted octanol–water partition coefficient (Wildman–Crippen LogP) is 6.88. The van der Waals surface area contributed by atoms with E-state index in [0.717, 1.165) is 30.3 Å². The fourth-order valence-corrected chi connectivity index (χ4v) is 6.46. The molecule has 0 aliphatic carbocycles. The summed E-state index contributed by atoms with van der Waals surface area (Å²) in [6.45, 7) is 18.8. The molecule has 6 rings (SSSR count). The maximum atomic E-state index is 13.1. The number of halogens is 9. The van der Waals surface area contributed by atoms with Gasteiger partial charge in [-0.3, -0.25) is 4.79 Å². The van der Waals surface area contributed by atoms with Gasteiger partial charge in [0.15, 0.2) is 22.6 Å². The summed E-state index contributed by atoms with van der Waals surface area (Å²) >= 11 is 15.0. The van der Waals surface area contributed by atoms with Crippen LogP contribution in [0.4, 0.5) is 49.1 Å². The number of rotatable bonds is 15. The van der Waals surface area contributed by atoms with Crippen molar-refractivity contribution in [3.05, 3.63) is 116 Å². The molecule has 67 heavy (non-hydrogen) atoms. The minimum absolute atomic E-state index is 0. The Bertz CT molecular complexity index is 2580. The third-order valence-electron chi connectivity index (χ3n) is 8.58. The number of hydrogen-bond donors (Lipinski definition) is 2. The number of nitrogens with one attached hydrogen (secondary N) is 1. The second-order valence-electron chi connectivity index (χ2n) is 13.2. The molecule has 0 saturated carbocycles. The number of nitrogens with two attached hydrogens (primary N) is 1. The average molecular weight is 1280 g/mol. The number of aromatic nitrogens is 2. The average Bonchev–Trinajstić information content (AvgIpc) is 3.92. The molecule has 350 valence electrons. The van der Waals surface area contributed by atoms with Gasteiger partial charge in [-0.25, -0.2) is 9.69 Å². The molecule has 4 aromatic carbocycles. The first-order valence-corrected chi connectivity index (χ1v) is 21.2. The number of benzene rings is 4. The summed E-state index contributed by atoms with van der Waals surface area (Å²) in [6, 6.07) is 15.7. The molecule has 13 nitrogen and oxygen atoms in total. The van der Waals surface area contributed by atoms with Gasteiger partial charge in [0.25, 0.3) is 6.47 Å². The van der Waals surface area contributed by atoms with Crippen LogP contribution in [0.1, 0.15) is 63.5 Å². The minimum atomic E-state index is -4.57. The Kier molecular flexibility index (Phi) is 30.4. The van der Waals surface area contributed by atoms with Crippen LogP contribution in [0.25, 0.3) is 31.6 Å². The summed E-state index contributed by atoms with van der Waals surface area (Å²) in [5.74, 6) is 1.06. The number of anilines is 2. The summed E-state index contributed by atoms with van der Waals surface area (Å²) in [5.41, 5.74) is 7.12. The first kappa shape index (κ1) is 63.2. The van der Waals surface area contributed by atoms with Crippen molar-refractivity contribution in [2.75, 3.05) is 36.1 Å². The number of fused-ring (bicyclic) bond motifs is 2. The SMILES string of the molecule is CCCc1c(OCCCBr)ccc2c(C(F)(F)F)noc12.O=CO[O-].[C-]#[N+]c1ccc(N)cc1Cl.[C-]#[N+]c1ccc(NCCCOc2ccc3c(C(F)(F)F)noc3c2CCC)cc1Cl.[Cs+].[Cs+].[H-]. The van der Waals surface area contributed by atoms with E-state index in [4.69, 9.17) is 70.7 Å². The Hall–Kier alpha value is -1.83. The van der Waals surface area contributed by atoms with Gasteiger partial charge in [-0.2, -0.15) is 26.3 Å². The van der Waals surface area contributed by atoms with Crippen molar-refractivity contribution in [2.45, 2.75) is 64.7 Å². The number of nitrogens with zero attached hydrogens (tertiary/aromatic N) is 4. The second kappa shape index (κ2) is 32.2. The Morgan fingerprint density at radius 3 is 1.63 bits per heavy atom. The maximum absolute atomic E-state index is 13.1. The number of alkyl halides is 7. The maximum Gasteiger partial charge on any atom is 1.00 e. The smallest absolute Gasteiger partial charge is 1.00 e. The number of nitrogen functional groups attached to an aromatic ring is 1. The van der Waals surface area contributed by atoms with Crippen LogP contribution in [0.2, 0.25) is 10.0 Å². The molecule has 0 aliphatic rings. The molecule has 0 saturated heterocycles. The van der Waals surface area contributed by atoms with Gasteiger partial charge >= 0.3 is 150 Å². The van der Waals surface area contributed by atoms with Crippen LogP contribution in [0, 0.1) is 13.1 Å². The standard InChI is InChI=1S/C21H19ClF3N3O2.C14H15BrF3NO2.C7H5ClN2.CH2O3.2Cs.H/c1-3-5-14-18(9-7-15-19(14)30-28-20(15)21(23,24)25)29-11-4-10-27-13-6-8-17(26-2)16(22)12-13;1-2-4-9-11(20-8-3-7-15)6-5-10-12(9)21-19-13(10)14(16,17)18;1-10-7-3-2-5(9)4-6(7)8;2-1-4-3;;;/h6-9,12,27H,3-5,10-11H2,1H3;5-6H,2-4,7-8H2,1H3;2-4H,9H2;1,3H;;;/q;;;;2*+1;-1/p-1. The zero-order valence-electron chi connectivity index (χ0n) is 37.5. The van der Waals surface area contributed by atoms with Crippen molar-refractivity contribution in [3.63, 3.8) is 0 Å². The van der Waals surface area contributed by atoms with E-state index in [1.165, 1.54) is 18.2 Å². The molecule has 2 aromatic heterocycles. The molecule has 24 heteroatoms. The predicted molar refractivity (Wildman–Crippen MR) is 237 cm³/mol. The van der Waals surface area contributed by atoms with Gasteiger partial charge < -0.3 is 41.1 Å². The van der Waals surface area contributed by atoms with E-state index < -0.39 is 23.7 Å². The van der Waals surface area contributed by atoms with Crippen LogP contribution < -0.4 is 164 Å². The van der Waals surface area contributed by atoms with Gasteiger partial charge in [0.2, 0.25) is 11.4 Å². The first-order valence-electron chi connectivity index (χ1n) is 19.3. The number of carbonyl (C=O) groups excluding carboxylic acids is 1. The Morgan fingerprint density at radius 1 is 0.791 bits per heavy atom. The van der Waals surface area contributed by atoms with Crippen LogP contribution >= 0.6 is 39.1 Å². The van der Waals surface area contributed by atoms with Gasteiger partial charge in [0.1, 0.15) is 11.5 Å². The second-order valence-corrected chi connectivity index (χ2v) is 14.8. The van der Waals surface area contributed by atoms with Gasteiger partial charge in [-0.05, 0) is 74.2 Å². The molecular formula is C43H41BrCl2Cs2F6N6O7. The quantitative estimate of drug-likeness (QED) is 0.0161. The largest absolute Gasteiger partial charge is 1.00 e. The molecule has 2 heterocycles. The van der Waals surface area contributed by atoms with E-state index in [1.54, 1.807) is 42.5 Å². The molecule has 0 radical (unpaired) electrons. The molecule has 0 spiro atoms. The first-order chi connectivity index (χ1) is 31.0. The van der Waals surface area contributed by atoms with E-state index in [2.05, 4.69) is 46.1 Å². The monoisotopic (exact) mass is 1280 g/mol. The van der Waals surface area contributed by atoms with Crippen LogP contribution in [0.15, 0.2) is 69.7 Å². The summed E-state index contributed by atoms with van der Waals surface area (Å²) in [5, 5.41) is 19.6. The summed E-state index contributed by atoms with van der Waals surface area (Å²) in [7, 11) is 0. The number of ether oxygens (including phenoxy) is 2. The van der Waals surface area contributed by atoms with E-state index in [-0.39, 0.29) is 168 Å². The fourth-order valence-electron chi connectivity index (χ4n) is 5.78. The van der Waals surface area contributed by atoms with Crippen molar-refractivity contribution in [3.8, 4) is 11.5 Å². The van der Waals surface area contributed by atoms with E-state index in [9.17, 15) is 26.3 Å². The molecule has 0 atom stereocenters.